The number of nitrogens with one attached hydrogen (secondary N) is 1. The predicted octanol–water partition coefficient (Wildman–Crippen LogP) is 6.71. The van der Waals surface area contributed by atoms with Gasteiger partial charge in [0.05, 0.1) is 13.2 Å². The van der Waals surface area contributed by atoms with Crippen LogP contribution in [0, 0.1) is 0 Å². The molecule has 0 aromatic heterocycles. The van der Waals surface area contributed by atoms with Crippen molar-refractivity contribution >= 4 is 12.0 Å². The van der Waals surface area contributed by atoms with Gasteiger partial charge in [0.1, 0.15) is 18.3 Å². The summed E-state index contributed by atoms with van der Waals surface area (Å²) in [6, 6.07) is 17.5. The quantitative estimate of drug-likeness (QED) is 0.161. The predicted molar refractivity (Wildman–Crippen MR) is 173 cm³/mol. The van der Waals surface area contributed by atoms with Crippen LogP contribution in [0.2, 0.25) is 0 Å². The largest absolute Gasteiger partial charge is 0.493 e. The van der Waals surface area contributed by atoms with Crippen LogP contribution < -0.4 is 15.0 Å². The van der Waals surface area contributed by atoms with Crippen LogP contribution in [0.15, 0.2) is 73.0 Å². The van der Waals surface area contributed by atoms with Crippen LogP contribution in [0.3, 0.4) is 0 Å². The molecule has 6 heteroatoms. The summed E-state index contributed by atoms with van der Waals surface area (Å²) in [4.78, 5) is 15.7. The van der Waals surface area contributed by atoms with Crippen molar-refractivity contribution in [3.05, 3.63) is 84.1 Å². The lowest BCUT2D eigenvalue weighted by Crippen LogP contribution is -2.31. The molecule has 2 aliphatic rings. The smallest absolute Gasteiger partial charge is 0.133 e. The molecule has 2 aliphatic heterocycles. The number of carbonyl (C=O) groups excluding carboxylic acids is 1. The van der Waals surface area contributed by atoms with Crippen LogP contribution in [-0.4, -0.2) is 61.9 Å². The minimum absolute atomic E-state index is 0.439. The van der Waals surface area contributed by atoms with E-state index in [1.807, 2.05) is 26.0 Å². The summed E-state index contributed by atoms with van der Waals surface area (Å²) in [7, 11) is 2.14. The van der Waals surface area contributed by atoms with Crippen LogP contribution >= 0.6 is 0 Å². The van der Waals surface area contributed by atoms with E-state index in [-0.39, 0.29) is 0 Å². The van der Waals surface area contributed by atoms with Crippen molar-refractivity contribution in [3.8, 4) is 5.75 Å². The van der Waals surface area contributed by atoms with Crippen LogP contribution in [-0.2, 0) is 11.2 Å². The van der Waals surface area contributed by atoms with Crippen LogP contribution in [0.4, 0.5) is 5.69 Å². The van der Waals surface area contributed by atoms with Gasteiger partial charge in [0, 0.05) is 38.3 Å². The van der Waals surface area contributed by atoms with Gasteiger partial charge in [0.25, 0.3) is 0 Å². The average molecular weight is 564 g/mol. The Kier molecular flexibility index (Phi) is 16.6. The van der Waals surface area contributed by atoms with Crippen LogP contribution in [0.5, 0.6) is 5.75 Å². The number of aliphatic hydroxyl groups excluding tert-OH is 1. The Labute approximate surface area is 249 Å². The molecule has 0 bridgehead atoms. The van der Waals surface area contributed by atoms with E-state index in [0.717, 1.165) is 57.4 Å². The summed E-state index contributed by atoms with van der Waals surface area (Å²) in [5.41, 5.74) is 4.00. The molecule has 2 heterocycles. The highest BCUT2D eigenvalue weighted by Gasteiger charge is 2.32. The van der Waals surface area contributed by atoms with Gasteiger partial charge in [-0.15, -0.1) is 0 Å². The molecule has 0 saturated carbocycles. The number of allylic oxidation sites excluding steroid dienone is 3. The number of benzene rings is 2. The lowest BCUT2D eigenvalue weighted by atomic mass is 9.93. The summed E-state index contributed by atoms with van der Waals surface area (Å²) >= 11 is 0. The van der Waals surface area contributed by atoms with Crippen molar-refractivity contribution in [2.75, 3.05) is 38.2 Å². The minimum atomic E-state index is -0.534. The first-order valence-corrected chi connectivity index (χ1v) is 15.5. The fourth-order valence-electron chi connectivity index (χ4n) is 5.23. The first kappa shape index (κ1) is 34.1. The lowest BCUT2D eigenvalue weighted by Gasteiger charge is -2.21. The number of fused-ring (bicyclic) bond motifs is 1. The Morgan fingerprint density at radius 1 is 1.17 bits per heavy atom. The number of aldehydes is 1. The molecular formula is C35H53N3O3. The Morgan fingerprint density at radius 2 is 1.95 bits per heavy atom. The number of hydrogen-bond donors (Lipinski definition) is 2. The number of aliphatic hydroxyl groups is 1. The molecule has 2 N–H and O–H groups in total. The van der Waals surface area contributed by atoms with E-state index in [4.69, 9.17) is 9.84 Å². The Hall–Kier alpha value is -3.09. The van der Waals surface area contributed by atoms with E-state index in [9.17, 15) is 4.79 Å². The van der Waals surface area contributed by atoms with E-state index in [1.54, 1.807) is 13.1 Å². The number of para-hydroxylation sites is 1. The summed E-state index contributed by atoms with van der Waals surface area (Å²) in [5.74, 6) is 1.52. The molecule has 0 amide bonds. The number of hydrogen-bond acceptors (Lipinski definition) is 6. The number of carbonyl (C=O) groups is 1. The number of likely N-dealkylation sites (tertiary alicyclic amines) is 1. The van der Waals surface area contributed by atoms with Gasteiger partial charge in [-0.3, -0.25) is 4.90 Å². The third-order valence-corrected chi connectivity index (χ3v) is 7.41. The second-order valence-corrected chi connectivity index (χ2v) is 10.5. The molecule has 0 aliphatic carbocycles. The molecule has 0 radical (unpaired) electrons. The van der Waals surface area contributed by atoms with Crippen molar-refractivity contribution < 1.29 is 14.6 Å². The standard InChI is InChI=1S/C22H30N2O3.C11H17N.C2H6/c1-17(26)23-10-5-3-2-4-6-21-15-20(16-24(21)11-12-25)18-7-8-22-19(14-18)9-13-27-22;1-3-4-10-12(2)11-8-6-5-7-9-11;1-2/h2-3,5,7-8,10,12,14,17,20-21,23,26H,4,6,9,11,13,15-16H2,1H3;5-9H,3-4,10H2,1-2H3;1-2H3/b3-2-,10-5-;;. The number of nitrogens with zero attached hydrogens (tertiary/aromatic N) is 2. The Balaban J connectivity index is 0.000000352. The molecule has 4 rings (SSSR count). The zero-order valence-corrected chi connectivity index (χ0v) is 26.0. The van der Waals surface area contributed by atoms with Crippen molar-refractivity contribution in [2.24, 2.45) is 0 Å². The number of rotatable bonds is 13. The molecule has 3 atom stereocenters. The number of anilines is 1. The summed E-state index contributed by atoms with van der Waals surface area (Å²) in [5, 5.41) is 11.9. The van der Waals surface area contributed by atoms with E-state index in [1.165, 1.54) is 29.7 Å². The van der Waals surface area contributed by atoms with E-state index in [0.29, 0.717) is 18.5 Å². The maximum absolute atomic E-state index is 11.1. The van der Waals surface area contributed by atoms with Gasteiger partial charge >= 0.3 is 0 Å². The maximum Gasteiger partial charge on any atom is 0.133 e. The van der Waals surface area contributed by atoms with Gasteiger partial charge in [0.15, 0.2) is 0 Å². The Bertz CT molecular complexity index is 1040. The van der Waals surface area contributed by atoms with Gasteiger partial charge < -0.3 is 24.9 Å². The van der Waals surface area contributed by atoms with Crippen molar-refractivity contribution in [2.45, 2.75) is 84.4 Å². The second-order valence-electron chi connectivity index (χ2n) is 10.5. The zero-order valence-electron chi connectivity index (χ0n) is 26.0. The molecular weight excluding hydrogens is 510 g/mol. The molecule has 41 heavy (non-hydrogen) atoms. The van der Waals surface area contributed by atoms with Crippen molar-refractivity contribution in [1.82, 2.24) is 10.2 Å². The maximum atomic E-state index is 11.1. The fourth-order valence-corrected chi connectivity index (χ4v) is 5.23. The molecule has 2 aromatic rings. The van der Waals surface area contributed by atoms with Crippen LogP contribution in [0.25, 0.3) is 0 Å². The van der Waals surface area contributed by atoms with Gasteiger partial charge in [-0.1, -0.05) is 69.7 Å². The fraction of sp³-hybridized carbons (Fsp3) is 0.514. The van der Waals surface area contributed by atoms with Crippen LogP contribution in [0.1, 0.15) is 76.8 Å². The first-order chi connectivity index (χ1) is 20.0. The highest BCUT2D eigenvalue weighted by molar-refractivity contribution is 5.52. The summed E-state index contributed by atoms with van der Waals surface area (Å²) in [6.07, 6.45) is 14.9. The molecule has 3 unspecified atom stereocenters. The van der Waals surface area contributed by atoms with E-state index in [2.05, 4.69) is 83.7 Å². The topological polar surface area (TPSA) is 65.0 Å². The third kappa shape index (κ3) is 12.1. The molecule has 0 spiro atoms. The third-order valence-electron chi connectivity index (χ3n) is 7.41. The summed E-state index contributed by atoms with van der Waals surface area (Å²) in [6.45, 7) is 11.3. The molecule has 1 fully saturated rings. The average Bonchev–Trinajstić information content (AvgIpc) is 3.64. The number of ether oxygens (including phenoxy) is 1. The van der Waals surface area contributed by atoms with E-state index >= 15 is 0 Å². The molecule has 6 nitrogen and oxygen atoms in total. The first-order valence-electron chi connectivity index (χ1n) is 15.5. The van der Waals surface area contributed by atoms with Gasteiger partial charge in [-0.2, -0.15) is 0 Å². The van der Waals surface area contributed by atoms with Gasteiger partial charge in [-0.05, 0) is 80.1 Å². The zero-order chi connectivity index (χ0) is 29.9. The van der Waals surface area contributed by atoms with E-state index < -0.39 is 6.23 Å². The summed E-state index contributed by atoms with van der Waals surface area (Å²) < 4.78 is 5.62. The van der Waals surface area contributed by atoms with Crippen molar-refractivity contribution in [1.29, 1.82) is 0 Å². The van der Waals surface area contributed by atoms with Crippen molar-refractivity contribution in [3.63, 3.8) is 0 Å². The highest BCUT2D eigenvalue weighted by Crippen LogP contribution is 2.36. The second kappa shape index (κ2) is 19.9. The minimum Gasteiger partial charge on any atom is -0.493 e. The molecule has 1 saturated heterocycles. The lowest BCUT2D eigenvalue weighted by molar-refractivity contribution is -0.109. The highest BCUT2D eigenvalue weighted by atomic mass is 16.5. The number of unbranched alkanes of at least 4 members (excludes halogenated alkanes) is 1. The monoisotopic (exact) mass is 563 g/mol. The van der Waals surface area contributed by atoms with Gasteiger partial charge in [0.2, 0.25) is 0 Å². The normalized spacial score (nSPS) is 18.6. The van der Waals surface area contributed by atoms with Gasteiger partial charge in [-0.25, -0.2) is 0 Å². The SMILES string of the molecule is CC.CC(O)N/C=C\C=C/CCC1CC(c2ccc3c(c2)CCO3)CN1CC=O.CCCCN(C)c1ccccc1. The Morgan fingerprint density at radius 3 is 2.66 bits per heavy atom. The molecule has 2 aromatic carbocycles. The molecule has 226 valence electrons.